The minimum atomic E-state index is 0.149. The molecule has 0 aliphatic carbocycles. The molecule has 1 amide bonds. The Balaban J connectivity index is 1.77. The van der Waals surface area contributed by atoms with E-state index >= 15 is 0 Å². The maximum absolute atomic E-state index is 12.5. The molecule has 0 saturated carbocycles. The van der Waals surface area contributed by atoms with Gasteiger partial charge in [0, 0.05) is 43.8 Å². The number of rotatable bonds is 6. The van der Waals surface area contributed by atoms with Crippen LogP contribution in [0.5, 0.6) is 0 Å². The van der Waals surface area contributed by atoms with Crippen molar-refractivity contribution in [1.29, 1.82) is 0 Å². The Labute approximate surface area is 191 Å². The zero-order valence-corrected chi connectivity index (χ0v) is 19.8. The van der Waals surface area contributed by atoms with Crippen LogP contribution in [0.4, 0.5) is 11.8 Å². The molecular weight excluding hydrogens is 426 g/mol. The number of hydrogen-bond donors (Lipinski definition) is 1. The lowest BCUT2D eigenvalue weighted by molar-refractivity contribution is -0.131. The minimum Gasteiger partial charge on any atom is -0.378 e. The van der Waals surface area contributed by atoms with Crippen molar-refractivity contribution in [3.63, 3.8) is 0 Å². The van der Waals surface area contributed by atoms with Gasteiger partial charge in [0.05, 0.1) is 35.5 Å². The molecule has 3 aromatic rings. The Bertz CT molecular complexity index is 1110. The molecule has 4 heterocycles. The summed E-state index contributed by atoms with van der Waals surface area (Å²) >= 11 is 1.66. The maximum Gasteiger partial charge on any atom is 0.222 e. The number of carbonyl (C=O) groups excluding carboxylic acids is 1. The number of aryl methyl sites for hydroxylation is 1. The first-order valence-electron chi connectivity index (χ1n) is 10.8. The number of carbonyl (C=O) groups is 1. The van der Waals surface area contributed by atoms with Crippen molar-refractivity contribution in [2.45, 2.75) is 33.7 Å². The summed E-state index contributed by atoms with van der Waals surface area (Å²) in [4.78, 5) is 35.6. The summed E-state index contributed by atoms with van der Waals surface area (Å²) in [7, 11) is 1.86. The molecular formula is C22H29N7O2S. The largest absolute Gasteiger partial charge is 0.378 e. The molecule has 0 atom stereocenters. The first-order chi connectivity index (χ1) is 15.3. The molecule has 1 aliphatic heterocycles. The fourth-order valence-electron chi connectivity index (χ4n) is 3.65. The summed E-state index contributed by atoms with van der Waals surface area (Å²) in [6.07, 6.45) is 3.84. The lowest BCUT2D eigenvalue weighted by Gasteiger charge is -2.28. The number of morpholine rings is 1. The second kappa shape index (κ2) is 9.33. The monoisotopic (exact) mass is 455 g/mol. The van der Waals surface area contributed by atoms with Gasteiger partial charge in [-0.15, -0.1) is 11.3 Å². The summed E-state index contributed by atoms with van der Waals surface area (Å²) < 4.78 is 6.57. The van der Waals surface area contributed by atoms with Crippen molar-refractivity contribution in [1.82, 2.24) is 24.8 Å². The summed E-state index contributed by atoms with van der Waals surface area (Å²) in [5.41, 5.74) is 8.34. The van der Waals surface area contributed by atoms with Gasteiger partial charge in [-0.05, 0) is 18.4 Å². The van der Waals surface area contributed by atoms with Gasteiger partial charge >= 0.3 is 0 Å². The second-order valence-electron chi connectivity index (χ2n) is 8.48. The topological polar surface area (TPSA) is 110 Å². The van der Waals surface area contributed by atoms with Crippen molar-refractivity contribution >= 4 is 39.2 Å². The summed E-state index contributed by atoms with van der Waals surface area (Å²) in [6.45, 7) is 9.60. The molecule has 1 fully saturated rings. The van der Waals surface area contributed by atoms with E-state index in [4.69, 9.17) is 20.4 Å². The molecule has 0 unspecified atom stereocenters. The number of nitrogens with two attached hydrogens (primary N) is 1. The molecule has 2 N–H and O–H groups in total. The van der Waals surface area contributed by atoms with E-state index in [9.17, 15) is 4.79 Å². The Morgan fingerprint density at radius 2 is 1.94 bits per heavy atom. The van der Waals surface area contributed by atoms with Crippen LogP contribution in [0.25, 0.3) is 21.6 Å². The van der Waals surface area contributed by atoms with Gasteiger partial charge in [-0.3, -0.25) is 4.79 Å². The van der Waals surface area contributed by atoms with Crippen molar-refractivity contribution in [3.8, 4) is 11.4 Å². The van der Waals surface area contributed by atoms with Gasteiger partial charge in [0.2, 0.25) is 11.9 Å². The van der Waals surface area contributed by atoms with E-state index in [1.165, 1.54) is 0 Å². The van der Waals surface area contributed by atoms with Gasteiger partial charge in [-0.25, -0.2) is 19.9 Å². The molecule has 4 rings (SSSR count). The van der Waals surface area contributed by atoms with Crippen molar-refractivity contribution in [3.05, 3.63) is 22.8 Å². The molecule has 1 aliphatic rings. The predicted octanol–water partition coefficient (Wildman–Crippen LogP) is 2.88. The van der Waals surface area contributed by atoms with E-state index in [2.05, 4.69) is 35.6 Å². The molecule has 3 aromatic heterocycles. The second-order valence-corrected chi connectivity index (χ2v) is 9.58. The number of amides is 1. The minimum absolute atomic E-state index is 0.149. The first kappa shape index (κ1) is 22.3. The van der Waals surface area contributed by atoms with Crippen LogP contribution in [-0.4, -0.2) is 64.1 Å². The number of aromatic nitrogens is 4. The van der Waals surface area contributed by atoms with Crippen LogP contribution in [-0.2, 0) is 16.1 Å². The standard InChI is InChI=1S/C22H29N7O2S/c1-13(2)9-17(30)28(4)12-16-14(3)18-19(32-16)21(29-5-7-31-8-6-29)27-20(26-18)15-10-24-22(23)25-11-15/h10-11,13H,5-9,12H2,1-4H3,(H2,23,24,25). The van der Waals surface area contributed by atoms with Crippen LogP contribution in [0.15, 0.2) is 12.4 Å². The van der Waals surface area contributed by atoms with Crippen molar-refractivity contribution < 1.29 is 9.53 Å². The van der Waals surface area contributed by atoms with Crippen LogP contribution in [0.1, 0.15) is 30.7 Å². The van der Waals surface area contributed by atoms with E-state index in [0.29, 0.717) is 43.5 Å². The van der Waals surface area contributed by atoms with Crippen LogP contribution in [0, 0.1) is 12.8 Å². The third-order valence-electron chi connectivity index (χ3n) is 5.48. The van der Waals surface area contributed by atoms with Gasteiger partial charge in [0.15, 0.2) is 11.6 Å². The van der Waals surface area contributed by atoms with Crippen LogP contribution in [0.2, 0.25) is 0 Å². The number of nitrogen functional groups attached to an aromatic ring is 1. The summed E-state index contributed by atoms with van der Waals surface area (Å²) in [5.74, 6) is 2.15. The molecule has 0 aromatic carbocycles. The molecule has 9 nitrogen and oxygen atoms in total. The zero-order valence-electron chi connectivity index (χ0n) is 19.0. The molecule has 170 valence electrons. The van der Waals surface area contributed by atoms with Crippen LogP contribution < -0.4 is 10.6 Å². The van der Waals surface area contributed by atoms with E-state index < -0.39 is 0 Å². The number of ether oxygens (including phenoxy) is 1. The Morgan fingerprint density at radius 1 is 1.25 bits per heavy atom. The van der Waals surface area contributed by atoms with Gasteiger partial charge in [0.1, 0.15) is 0 Å². The lowest BCUT2D eigenvalue weighted by Crippen LogP contribution is -2.36. The van der Waals surface area contributed by atoms with Crippen molar-refractivity contribution in [2.24, 2.45) is 5.92 Å². The smallest absolute Gasteiger partial charge is 0.222 e. The van der Waals surface area contributed by atoms with E-state index in [1.807, 2.05) is 7.05 Å². The summed E-state index contributed by atoms with van der Waals surface area (Å²) in [6, 6.07) is 0. The first-order valence-corrected chi connectivity index (χ1v) is 11.6. The van der Waals surface area contributed by atoms with Crippen LogP contribution in [0.3, 0.4) is 0 Å². The average molecular weight is 456 g/mol. The van der Waals surface area contributed by atoms with Crippen LogP contribution >= 0.6 is 11.3 Å². The third-order valence-corrected chi connectivity index (χ3v) is 6.74. The molecule has 0 spiro atoms. The number of hydrogen-bond acceptors (Lipinski definition) is 9. The Hall–Kier alpha value is -2.85. The normalized spacial score (nSPS) is 14.3. The van der Waals surface area contributed by atoms with Gasteiger partial charge < -0.3 is 20.3 Å². The van der Waals surface area contributed by atoms with Gasteiger partial charge in [0.25, 0.3) is 0 Å². The van der Waals surface area contributed by atoms with Gasteiger partial charge in [-0.2, -0.15) is 0 Å². The average Bonchev–Trinajstić information content (AvgIpc) is 3.09. The molecule has 1 saturated heterocycles. The van der Waals surface area contributed by atoms with E-state index in [1.54, 1.807) is 28.6 Å². The number of fused-ring (bicyclic) bond motifs is 1. The molecule has 0 radical (unpaired) electrons. The lowest BCUT2D eigenvalue weighted by atomic mass is 10.1. The van der Waals surface area contributed by atoms with E-state index in [-0.39, 0.29) is 11.9 Å². The molecule has 32 heavy (non-hydrogen) atoms. The van der Waals surface area contributed by atoms with Gasteiger partial charge in [-0.1, -0.05) is 13.8 Å². The quantitative estimate of drug-likeness (QED) is 0.604. The molecule has 0 bridgehead atoms. The predicted molar refractivity (Wildman–Crippen MR) is 127 cm³/mol. The van der Waals surface area contributed by atoms with Crippen molar-refractivity contribution in [2.75, 3.05) is 44.0 Å². The fourth-order valence-corrected chi connectivity index (χ4v) is 4.97. The summed E-state index contributed by atoms with van der Waals surface area (Å²) in [5, 5.41) is 0. The highest BCUT2D eigenvalue weighted by Gasteiger charge is 2.23. The Morgan fingerprint density at radius 3 is 2.59 bits per heavy atom. The molecule has 10 heteroatoms. The SMILES string of the molecule is Cc1c(CN(C)C(=O)CC(C)C)sc2c(N3CCOCC3)nc(-c3cnc(N)nc3)nc12. The highest BCUT2D eigenvalue weighted by Crippen LogP contribution is 2.38. The third kappa shape index (κ3) is 4.66. The highest BCUT2D eigenvalue weighted by atomic mass is 32.1. The van der Waals surface area contributed by atoms with E-state index in [0.717, 1.165) is 39.6 Å². The zero-order chi connectivity index (χ0) is 22.8. The number of thiophene rings is 1. The fraction of sp³-hybridized carbons (Fsp3) is 0.500. The highest BCUT2D eigenvalue weighted by molar-refractivity contribution is 7.19. The number of nitrogens with zero attached hydrogens (tertiary/aromatic N) is 6. The maximum atomic E-state index is 12.5. The Kier molecular flexibility index (Phi) is 6.52. The number of anilines is 2.